The molecule has 22 heavy (non-hydrogen) atoms. The first-order valence-electron chi connectivity index (χ1n) is 8.07. The van der Waals surface area contributed by atoms with Crippen LogP contribution in [0.4, 0.5) is 0 Å². The van der Waals surface area contributed by atoms with Crippen molar-refractivity contribution in [2.24, 2.45) is 5.92 Å². The number of phenolic OH excluding ortho intramolecular Hbond substituents is 1. The van der Waals surface area contributed by atoms with Crippen LogP contribution in [-0.4, -0.2) is 22.4 Å². The van der Waals surface area contributed by atoms with Gasteiger partial charge in [0.1, 0.15) is 18.1 Å². The van der Waals surface area contributed by atoms with Crippen LogP contribution >= 0.6 is 0 Å². The van der Waals surface area contributed by atoms with Crippen molar-refractivity contribution in [3.05, 3.63) is 35.9 Å². The molecule has 1 aromatic rings. The van der Waals surface area contributed by atoms with Crippen LogP contribution in [0.3, 0.4) is 0 Å². The van der Waals surface area contributed by atoms with E-state index < -0.39 is 5.60 Å². The highest BCUT2D eigenvalue weighted by Crippen LogP contribution is 2.25. The van der Waals surface area contributed by atoms with Crippen molar-refractivity contribution >= 4 is 0 Å². The molecule has 2 atom stereocenters. The monoisotopic (exact) mass is 306 g/mol. The molecule has 1 rings (SSSR count). The Morgan fingerprint density at radius 3 is 2.64 bits per heavy atom. The van der Waals surface area contributed by atoms with Gasteiger partial charge >= 0.3 is 0 Å². The molecule has 0 aliphatic carbocycles. The van der Waals surface area contributed by atoms with Gasteiger partial charge in [-0.1, -0.05) is 32.4 Å². The summed E-state index contributed by atoms with van der Waals surface area (Å²) in [5.74, 6) is 1.21. The Bertz CT molecular complexity index is 491. The highest BCUT2D eigenvalue weighted by molar-refractivity contribution is 5.37. The summed E-state index contributed by atoms with van der Waals surface area (Å²) in [4.78, 5) is 0. The molecule has 3 heteroatoms. The zero-order valence-corrected chi connectivity index (χ0v) is 14.4. The molecular formula is C19H30O3. The van der Waals surface area contributed by atoms with Crippen molar-refractivity contribution in [3.8, 4) is 11.5 Å². The maximum atomic E-state index is 10.4. The highest BCUT2D eigenvalue weighted by atomic mass is 16.5. The molecule has 0 aliphatic heterocycles. The number of rotatable bonds is 9. The molecule has 0 saturated carbocycles. The maximum Gasteiger partial charge on any atom is 0.123 e. The molecule has 0 aromatic heterocycles. The first-order chi connectivity index (χ1) is 10.2. The smallest absolute Gasteiger partial charge is 0.123 e. The largest absolute Gasteiger partial charge is 0.508 e. The Kier molecular flexibility index (Phi) is 6.95. The molecule has 0 amide bonds. The number of aromatic hydroxyl groups is 1. The summed E-state index contributed by atoms with van der Waals surface area (Å²) in [7, 11) is 0. The van der Waals surface area contributed by atoms with E-state index in [4.69, 9.17) is 4.74 Å². The summed E-state index contributed by atoms with van der Waals surface area (Å²) in [5, 5.41) is 20.2. The Balaban J connectivity index is 2.58. The number of phenols is 1. The lowest BCUT2D eigenvalue weighted by Crippen LogP contribution is -2.32. The van der Waals surface area contributed by atoms with Gasteiger partial charge in [-0.2, -0.15) is 0 Å². The van der Waals surface area contributed by atoms with Crippen molar-refractivity contribution < 1.29 is 14.9 Å². The number of aryl methyl sites for hydroxylation is 1. The predicted molar refractivity (Wildman–Crippen MR) is 91.4 cm³/mol. The van der Waals surface area contributed by atoms with Crippen LogP contribution in [0.1, 0.15) is 52.5 Å². The van der Waals surface area contributed by atoms with E-state index in [1.165, 1.54) is 0 Å². The molecule has 0 saturated heterocycles. The first-order valence-corrected chi connectivity index (χ1v) is 8.07. The molecule has 0 bridgehead atoms. The van der Waals surface area contributed by atoms with E-state index in [9.17, 15) is 10.2 Å². The molecule has 0 heterocycles. The number of aliphatic hydroxyl groups is 1. The molecule has 0 spiro atoms. The van der Waals surface area contributed by atoms with Crippen LogP contribution in [0.2, 0.25) is 0 Å². The third-order valence-electron chi connectivity index (χ3n) is 4.00. The minimum Gasteiger partial charge on any atom is -0.508 e. The van der Waals surface area contributed by atoms with Gasteiger partial charge in [-0.25, -0.2) is 0 Å². The summed E-state index contributed by atoms with van der Waals surface area (Å²) in [6.07, 6.45) is 3.45. The fourth-order valence-electron chi connectivity index (χ4n) is 2.24. The lowest BCUT2D eigenvalue weighted by molar-refractivity contribution is 0.000703. The summed E-state index contributed by atoms with van der Waals surface area (Å²) in [6.45, 7) is 12.2. The van der Waals surface area contributed by atoms with E-state index >= 15 is 0 Å². The summed E-state index contributed by atoms with van der Waals surface area (Å²) in [6, 6.07) is 5.27. The van der Waals surface area contributed by atoms with Gasteiger partial charge in [-0.3, -0.25) is 0 Å². The Morgan fingerprint density at radius 1 is 1.36 bits per heavy atom. The molecule has 0 unspecified atom stereocenters. The van der Waals surface area contributed by atoms with Crippen LogP contribution in [0.25, 0.3) is 0 Å². The van der Waals surface area contributed by atoms with Gasteiger partial charge in [0.15, 0.2) is 0 Å². The van der Waals surface area contributed by atoms with Gasteiger partial charge in [-0.05, 0) is 56.7 Å². The van der Waals surface area contributed by atoms with E-state index in [2.05, 4.69) is 20.4 Å². The Morgan fingerprint density at radius 2 is 2.05 bits per heavy atom. The molecule has 3 nitrogen and oxygen atoms in total. The SMILES string of the molecule is C=C(C)[C@@H](C)CC[C@](C)(O)COc1cc(O)cc(CCC)c1. The second kappa shape index (κ2) is 8.23. The van der Waals surface area contributed by atoms with Gasteiger partial charge < -0.3 is 14.9 Å². The number of hydrogen-bond acceptors (Lipinski definition) is 3. The van der Waals surface area contributed by atoms with E-state index in [0.29, 0.717) is 18.1 Å². The lowest BCUT2D eigenvalue weighted by Gasteiger charge is -2.25. The molecule has 0 aliphatic rings. The van der Waals surface area contributed by atoms with Crippen molar-refractivity contribution in [2.75, 3.05) is 6.61 Å². The topological polar surface area (TPSA) is 49.7 Å². The Hall–Kier alpha value is -1.48. The van der Waals surface area contributed by atoms with Crippen molar-refractivity contribution in [1.29, 1.82) is 0 Å². The molecule has 0 fully saturated rings. The molecular weight excluding hydrogens is 276 g/mol. The molecule has 2 N–H and O–H groups in total. The van der Waals surface area contributed by atoms with Gasteiger partial charge in [-0.15, -0.1) is 0 Å². The van der Waals surface area contributed by atoms with Crippen LogP contribution in [0.5, 0.6) is 11.5 Å². The number of allylic oxidation sites excluding steroid dienone is 1. The maximum absolute atomic E-state index is 10.4. The van der Waals surface area contributed by atoms with Crippen molar-refractivity contribution in [1.82, 2.24) is 0 Å². The normalized spacial score (nSPS) is 15.1. The van der Waals surface area contributed by atoms with E-state index in [0.717, 1.165) is 30.4 Å². The van der Waals surface area contributed by atoms with Crippen molar-refractivity contribution in [3.63, 3.8) is 0 Å². The highest BCUT2D eigenvalue weighted by Gasteiger charge is 2.22. The molecule has 1 aromatic carbocycles. The zero-order valence-electron chi connectivity index (χ0n) is 14.4. The number of benzene rings is 1. The second-order valence-electron chi connectivity index (χ2n) is 6.66. The second-order valence-corrected chi connectivity index (χ2v) is 6.66. The van der Waals surface area contributed by atoms with E-state index in [-0.39, 0.29) is 12.4 Å². The molecule has 124 valence electrons. The van der Waals surface area contributed by atoms with Gasteiger partial charge in [0.05, 0.1) is 5.60 Å². The van der Waals surface area contributed by atoms with Crippen LogP contribution < -0.4 is 4.74 Å². The quantitative estimate of drug-likeness (QED) is 0.662. The standard InChI is InChI=1S/C19H30O3/c1-6-7-16-10-17(20)12-18(11-16)22-13-19(5,21)9-8-15(4)14(2)3/h10-12,15,20-21H,2,6-9,13H2,1,3-5H3/t15-,19-/m0/s1. The van der Waals surface area contributed by atoms with Crippen LogP contribution in [0, 0.1) is 5.92 Å². The summed E-state index contributed by atoms with van der Waals surface area (Å²) in [5.41, 5.74) is 1.29. The van der Waals surface area contributed by atoms with Gasteiger partial charge in [0, 0.05) is 6.07 Å². The number of ether oxygens (including phenoxy) is 1. The fraction of sp³-hybridized carbons (Fsp3) is 0.579. The third-order valence-corrected chi connectivity index (χ3v) is 4.00. The minimum atomic E-state index is -0.889. The summed E-state index contributed by atoms with van der Waals surface area (Å²) < 4.78 is 5.70. The van der Waals surface area contributed by atoms with Crippen LogP contribution in [-0.2, 0) is 6.42 Å². The van der Waals surface area contributed by atoms with Gasteiger partial charge in [0.25, 0.3) is 0 Å². The van der Waals surface area contributed by atoms with Crippen molar-refractivity contribution in [2.45, 2.75) is 59.0 Å². The average Bonchev–Trinajstić information content (AvgIpc) is 2.42. The zero-order chi connectivity index (χ0) is 16.8. The average molecular weight is 306 g/mol. The van der Waals surface area contributed by atoms with E-state index in [1.54, 1.807) is 19.1 Å². The number of hydrogen-bond donors (Lipinski definition) is 2. The predicted octanol–water partition coefficient (Wildman–Crippen LogP) is 4.47. The summed E-state index contributed by atoms with van der Waals surface area (Å²) >= 11 is 0. The van der Waals surface area contributed by atoms with Crippen LogP contribution in [0.15, 0.2) is 30.4 Å². The minimum absolute atomic E-state index is 0.205. The first kappa shape index (κ1) is 18.6. The lowest BCUT2D eigenvalue weighted by atomic mass is 9.92. The molecule has 0 radical (unpaired) electrons. The third kappa shape index (κ3) is 6.52. The van der Waals surface area contributed by atoms with E-state index in [1.807, 2.05) is 13.0 Å². The fourth-order valence-corrected chi connectivity index (χ4v) is 2.24. The Labute approximate surface area is 134 Å². The van der Waals surface area contributed by atoms with Gasteiger partial charge in [0.2, 0.25) is 0 Å².